The lowest BCUT2D eigenvalue weighted by molar-refractivity contribution is -0.146. The Morgan fingerprint density at radius 1 is 1.13 bits per heavy atom. The molecular formula is C26H35N5O7. The monoisotopic (exact) mass is 529 g/mol. The maximum Gasteiger partial charge on any atom is 0.442 e. The highest BCUT2D eigenvalue weighted by atomic mass is 16.5. The number of benzene rings is 1. The van der Waals surface area contributed by atoms with Gasteiger partial charge in [0, 0.05) is 0 Å². The second-order valence-electron chi connectivity index (χ2n) is 10.1. The summed E-state index contributed by atoms with van der Waals surface area (Å²) in [4.78, 5) is 67.4. The molecule has 3 rings (SSSR count). The fourth-order valence-electron chi connectivity index (χ4n) is 4.64. The highest BCUT2D eigenvalue weighted by molar-refractivity contribution is 6.12. The van der Waals surface area contributed by atoms with Crippen molar-refractivity contribution in [2.24, 2.45) is 17.6 Å². The van der Waals surface area contributed by atoms with Crippen LogP contribution in [0, 0.1) is 18.8 Å². The molecular weight excluding hydrogens is 494 g/mol. The van der Waals surface area contributed by atoms with E-state index >= 15 is 0 Å². The average Bonchev–Trinajstić information content (AvgIpc) is 3.50. The zero-order chi connectivity index (χ0) is 28.3. The van der Waals surface area contributed by atoms with E-state index in [1.54, 1.807) is 57.7 Å². The Hall–Kier alpha value is -3.64. The number of rotatable bonds is 8. The van der Waals surface area contributed by atoms with E-state index in [0.717, 1.165) is 17.4 Å². The van der Waals surface area contributed by atoms with Gasteiger partial charge >= 0.3 is 11.8 Å². The summed E-state index contributed by atoms with van der Waals surface area (Å²) < 4.78 is 11.0. The van der Waals surface area contributed by atoms with Gasteiger partial charge in [-0.2, -0.15) is 9.58 Å². The first-order valence-corrected chi connectivity index (χ1v) is 12.6. The standard InChI is InChI=1S/C26H35N5O7/c1-14(2)19(27)24(34)30(25(35)37-6)23(33)18-12-9-13-29(18)20(15(3)4)21(32)22-28-31(26(36)38-22)17-11-8-7-10-16(17)5/h7-8,10-11,14-15,18-20H,9,12-13,27H2,1-6H3/t18-,19-,20-/m0/s1. The van der Waals surface area contributed by atoms with Crippen molar-refractivity contribution in [3.05, 3.63) is 46.3 Å². The number of methoxy groups -OCH3 is 1. The summed E-state index contributed by atoms with van der Waals surface area (Å²) in [5.41, 5.74) is 7.20. The van der Waals surface area contributed by atoms with Crippen LogP contribution in [-0.4, -0.2) is 75.1 Å². The Bertz CT molecular complexity index is 1260. The number of aryl methyl sites for hydroxylation is 1. The van der Waals surface area contributed by atoms with Gasteiger partial charge in [0.25, 0.3) is 17.7 Å². The van der Waals surface area contributed by atoms with E-state index in [0.29, 0.717) is 30.0 Å². The van der Waals surface area contributed by atoms with Crippen molar-refractivity contribution in [2.75, 3.05) is 13.7 Å². The largest absolute Gasteiger partial charge is 0.452 e. The van der Waals surface area contributed by atoms with Gasteiger partial charge in [-0.3, -0.25) is 19.3 Å². The molecule has 0 spiro atoms. The Morgan fingerprint density at radius 3 is 2.37 bits per heavy atom. The normalized spacial score (nSPS) is 17.4. The number of ketones is 1. The van der Waals surface area contributed by atoms with E-state index < -0.39 is 53.5 Å². The van der Waals surface area contributed by atoms with Crippen LogP contribution >= 0.6 is 0 Å². The van der Waals surface area contributed by atoms with Gasteiger partial charge in [0.05, 0.1) is 30.9 Å². The molecule has 1 fully saturated rings. The highest BCUT2D eigenvalue weighted by Crippen LogP contribution is 2.28. The number of hydrogen-bond acceptors (Lipinski definition) is 10. The molecule has 3 atom stereocenters. The van der Waals surface area contributed by atoms with Gasteiger partial charge in [-0.15, -0.1) is 5.10 Å². The quantitative estimate of drug-likeness (QED) is 0.501. The predicted octanol–water partition coefficient (Wildman–Crippen LogP) is 1.91. The third-order valence-electron chi connectivity index (χ3n) is 6.74. The molecule has 0 unspecified atom stereocenters. The Morgan fingerprint density at radius 2 is 1.79 bits per heavy atom. The van der Waals surface area contributed by atoms with Crippen molar-refractivity contribution in [1.82, 2.24) is 19.6 Å². The zero-order valence-corrected chi connectivity index (χ0v) is 22.5. The lowest BCUT2D eigenvalue weighted by Crippen LogP contribution is -2.58. The van der Waals surface area contributed by atoms with Crippen LogP contribution in [0.4, 0.5) is 4.79 Å². The minimum absolute atomic E-state index is 0.300. The lowest BCUT2D eigenvalue weighted by atomic mass is 9.96. The predicted molar refractivity (Wildman–Crippen MR) is 137 cm³/mol. The Kier molecular flexibility index (Phi) is 9.00. The van der Waals surface area contributed by atoms with Crippen LogP contribution in [0.3, 0.4) is 0 Å². The second kappa shape index (κ2) is 11.8. The summed E-state index contributed by atoms with van der Waals surface area (Å²) in [6.07, 6.45) is -0.305. The van der Waals surface area contributed by atoms with Gasteiger partial charge in [0.2, 0.25) is 5.78 Å². The van der Waals surface area contributed by atoms with Crippen molar-refractivity contribution in [3.63, 3.8) is 0 Å². The number of imide groups is 3. The number of amides is 3. The smallest absolute Gasteiger partial charge is 0.442 e. The molecule has 1 aromatic heterocycles. The number of nitrogens with zero attached hydrogens (tertiary/aromatic N) is 4. The number of Topliss-reactive ketones (excluding diaryl/α,β-unsaturated/α-hetero) is 1. The van der Waals surface area contributed by atoms with E-state index in [2.05, 4.69) is 5.10 Å². The molecule has 1 aromatic carbocycles. The first-order chi connectivity index (χ1) is 17.9. The first-order valence-electron chi connectivity index (χ1n) is 12.6. The Labute approximate surface area is 220 Å². The molecule has 1 saturated heterocycles. The minimum Gasteiger partial charge on any atom is -0.452 e. The number of nitrogens with two attached hydrogens (primary N) is 1. The minimum atomic E-state index is -1.14. The number of para-hydroxylation sites is 1. The van der Waals surface area contributed by atoms with E-state index in [1.807, 2.05) is 6.07 Å². The highest BCUT2D eigenvalue weighted by Gasteiger charge is 2.46. The van der Waals surface area contributed by atoms with Gasteiger partial charge in [-0.1, -0.05) is 45.9 Å². The zero-order valence-electron chi connectivity index (χ0n) is 22.5. The van der Waals surface area contributed by atoms with Crippen LogP contribution in [-0.2, 0) is 14.3 Å². The molecule has 1 aliphatic heterocycles. The van der Waals surface area contributed by atoms with E-state index in [4.69, 9.17) is 14.9 Å². The number of aromatic nitrogens is 2. The molecule has 2 heterocycles. The Balaban J connectivity index is 1.96. The maximum absolute atomic E-state index is 13.7. The van der Waals surface area contributed by atoms with Crippen LogP contribution < -0.4 is 11.5 Å². The average molecular weight is 530 g/mol. The van der Waals surface area contributed by atoms with Gasteiger partial charge < -0.3 is 14.9 Å². The molecule has 206 valence electrons. The number of carbonyl (C=O) groups excluding carboxylic acids is 4. The molecule has 0 radical (unpaired) electrons. The summed E-state index contributed by atoms with van der Waals surface area (Å²) in [5, 5.41) is 4.15. The summed E-state index contributed by atoms with van der Waals surface area (Å²) in [6.45, 7) is 9.11. The van der Waals surface area contributed by atoms with E-state index in [-0.39, 0.29) is 11.8 Å². The van der Waals surface area contributed by atoms with Crippen molar-refractivity contribution in [3.8, 4) is 5.69 Å². The van der Waals surface area contributed by atoms with Crippen LogP contribution in [0.5, 0.6) is 0 Å². The number of carbonyl (C=O) groups is 4. The van der Waals surface area contributed by atoms with Crippen LogP contribution in [0.15, 0.2) is 33.5 Å². The van der Waals surface area contributed by atoms with Crippen molar-refractivity contribution in [2.45, 2.75) is 65.6 Å². The first kappa shape index (κ1) is 28.9. The topological polar surface area (TPSA) is 158 Å². The third-order valence-corrected chi connectivity index (χ3v) is 6.74. The van der Waals surface area contributed by atoms with Crippen LogP contribution in [0.25, 0.3) is 5.69 Å². The fraction of sp³-hybridized carbons (Fsp3) is 0.538. The molecule has 12 heteroatoms. The molecule has 0 aliphatic carbocycles. The second-order valence-corrected chi connectivity index (χ2v) is 10.1. The van der Waals surface area contributed by atoms with E-state index in [1.165, 1.54) is 0 Å². The summed E-state index contributed by atoms with van der Waals surface area (Å²) >= 11 is 0. The molecule has 2 aromatic rings. The fourth-order valence-corrected chi connectivity index (χ4v) is 4.64. The molecule has 0 bridgehead atoms. The maximum atomic E-state index is 13.7. The summed E-state index contributed by atoms with van der Waals surface area (Å²) in [6, 6.07) is 4.04. The molecule has 0 saturated carbocycles. The van der Waals surface area contributed by atoms with Gasteiger partial charge in [-0.05, 0) is 49.8 Å². The molecule has 1 aliphatic rings. The molecule has 2 N–H and O–H groups in total. The number of hydrogen-bond donors (Lipinski definition) is 1. The van der Waals surface area contributed by atoms with Crippen molar-refractivity contribution in [1.29, 1.82) is 0 Å². The van der Waals surface area contributed by atoms with Crippen molar-refractivity contribution < 1.29 is 28.3 Å². The van der Waals surface area contributed by atoms with Crippen molar-refractivity contribution >= 4 is 23.7 Å². The lowest BCUT2D eigenvalue weighted by Gasteiger charge is -2.35. The summed E-state index contributed by atoms with van der Waals surface area (Å²) in [7, 11) is 1.07. The van der Waals surface area contributed by atoms with Gasteiger partial charge in [-0.25, -0.2) is 9.59 Å². The molecule has 3 amide bonds. The number of likely N-dealkylation sites (tertiary alicyclic amines) is 1. The third kappa shape index (κ3) is 5.60. The van der Waals surface area contributed by atoms with E-state index in [9.17, 15) is 24.0 Å². The SMILES string of the molecule is COC(=O)N(C(=O)[C@@H](N)C(C)C)C(=O)[C@@H]1CCCN1[C@H](C(=O)c1nn(-c2ccccc2C)c(=O)o1)C(C)C. The summed E-state index contributed by atoms with van der Waals surface area (Å²) in [5.74, 6) is -4.15. The van der Waals surface area contributed by atoms with Crippen LogP contribution in [0.2, 0.25) is 0 Å². The van der Waals surface area contributed by atoms with Gasteiger partial charge in [0.15, 0.2) is 0 Å². The molecule has 12 nitrogen and oxygen atoms in total. The van der Waals surface area contributed by atoms with Gasteiger partial charge in [0.1, 0.15) is 0 Å². The van der Waals surface area contributed by atoms with Crippen LogP contribution in [0.1, 0.15) is 56.8 Å². The molecule has 38 heavy (non-hydrogen) atoms. The number of ether oxygens (including phenoxy) is 1.